The highest BCUT2D eigenvalue weighted by Crippen LogP contribution is 2.18. The molecule has 1 aromatic carbocycles. The summed E-state index contributed by atoms with van der Waals surface area (Å²) in [5.41, 5.74) is 7.43. The third-order valence-corrected chi connectivity index (χ3v) is 3.34. The van der Waals surface area contributed by atoms with Crippen LogP contribution in [0.3, 0.4) is 0 Å². The van der Waals surface area contributed by atoms with Crippen molar-refractivity contribution in [2.45, 2.75) is 12.5 Å². The number of nitrogens with one attached hydrogen (secondary N) is 3. The van der Waals surface area contributed by atoms with Gasteiger partial charge in [-0.15, -0.1) is 0 Å². The molecule has 1 aromatic heterocycles. The zero-order valence-electron chi connectivity index (χ0n) is 11.6. The van der Waals surface area contributed by atoms with Gasteiger partial charge in [-0.05, 0) is 23.8 Å². The van der Waals surface area contributed by atoms with E-state index in [1.165, 1.54) is 0 Å². The first kappa shape index (κ1) is 15.9. The number of carboxylic acid groups (broad SMARTS) is 1. The van der Waals surface area contributed by atoms with Gasteiger partial charge in [0.15, 0.2) is 5.11 Å². The van der Waals surface area contributed by atoms with Gasteiger partial charge in [0, 0.05) is 23.5 Å². The minimum atomic E-state index is -0.972. The molecule has 22 heavy (non-hydrogen) atoms. The van der Waals surface area contributed by atoms with Crippen molar-refractivity contribution >= 4 is 40.1 Å². The van der Waals surface area contributed by atoms with Crippen molar-refractivity contribution in [1.29, 1.82) is 0 Å². The van der Waals surface area contributed by atoms with E-state index < -0.39 is 12.0 Å². The lowest BCUT2D eigenvalue weighted by atomic mass is 10.1. The average Bonchev–Trinajstić information content (AvgIpc) is 3.06. The number of benzene rings is 1. The zero-order chi connectivity index (χ0) is 16.1. The Labute approximate surface area is 131 Å². The number of thiocarbonyl (C=S) groups is 1. The van der Waals surface area contributed by atoms with Gasteiger partial charge in [-0.2, -0.15) is 0 Å². The minimum absolute atomic E-state index is 0.0509. The highest BCUT2D eigenvalue weighted by molar-refractivity contribution is 7.80. The van der Waals surface area contributed by atoms with Crippen LogP contribution in [0, 0.1) is 0 Å². The van der Waals surface area contributed by atoms with E-state index >= 15 is 0 Å². The molecule has 2 aromatic rings. The number of aliphatic carboxylic acids is 1. The fraction of sp³-hybridized carbons (Fsp3) is 0.214. The lowest BCUT2D eigenvalue weighted by Crippen LogP contribution is -2.32. The van der Waals surface area contributed by atoms with Gasteiger partial charge in [-0.1, -0.05) is 18.2 Å². The number of aromatic amines is 1. The van der Waals surface area contributed by atoms with Crippen LogP contribution < -0.4 is 16.4 Å². The number of fused-ring (bicyclic) bond motifs is 1. The molecule has 0 spiro atoms. The van der Waals surface area contributed by atoms with E-state index in [1.54, 1.807) is 0 Å². The van der Waals surface area contributed by atoms with E-state index in [9.17, 15) is 9.59 Å². The van der Waals surface area contributed by atoms with E-state index in [0.29, 0.717) is 18.1 Å². The highest BCUT2D eigenvalue weighted by Gasteiger charge is 2.14. The normalized spacial score (nSPS) is 14.8. The summed E-state index contributed by atoms with van der Waals surface area (Å²) in [6, 6.07) is 6.91. The maximum Gasteiger partial charge on any atom is 0.320 e. The van der Waals surface area contributed by atoms with E-state index in [2.05, 4.69) is 27.8 Å². The number of para-hydroxylation sites is 1. The van der Waals surface area contributed by atoms with Gasteiger partial charge < -0.3 is 26.5 Å². The molecule has 1 unspecified atom stereocenters. The molecule has 0 bridgehead atoms. The predicted octanol–water partition coefficient (Wildman–Crippen LogP) is 0.113. The molecular formula is C14H16N4O3S. The molecular weight excluding hydrogens is 304 g/mol. The Morgan fingerprint density at radius 3 is 2.68 bits per heavy atom. The van der Waals surface area contributed by atoms with E-state index in [-0.39, 0.29) is 5.91 Å². The molecule has 1 fully saturated rings. The number of hydrogen-bond acceptors (Lipinski definition) is 4. The minimum Gasteiger partial charge on any atom is -0.480 e. The Hall–Kier alpha value is -2.45. The van der Waals surface area contributed by atoms with Crippen molar-refractivity contribution in [3.05, 3.63) is 36.0 Å². The van der Waals surface area contributed by atoms with Crippen LogP contribution in [0.25, 0.3) is 10.9 Å². The third-order valence-electron chi connectivity index (χ3n) is 3.09. The second-order valence-corrected chi connectivity index (χ2v) is 5.15. The number of hydrogen-bond donors (Lipinski definition) is 5. The summed E-state index contributed by atoms with van der Waals surface area (Å²) in [6.45, 7) is 0.332. The maximum absolute atomic E-state index is 10.6. The fourth-order valence-corrected chi connectivity index (χ4v) is 2.19. The van der Waals surface area contributed by atoms with Crippen LogP contribution >= 0.6 is 12.2 Å². The van der Waals surface area contributed by atoms with Crippen LogP contribution in [-0.2, 0) is 16.0 Å². The van der Waals surface area contributed by atoms with Crippen LogP contribution in [0.4, 0.5) is 0 Å². The van der Waals surface area contributed by atoms with Crippen molar-refractivity contribution in [3.63, 3.8) is 0 Å². The Morgan fingerprint density at radius 1 is 1.41 bits per heavy atom. The lowest BCUT2D eigenvalue weighted by molar-refractivity contribution is -0.138. The summed E-state index contributed by atoms with van der Waals surface area (Å²) < 4.78 is 0. The number of aromatic nitrogens is 1. The molecule has 8 heteroatoms. The first-order valence-corrected chi connectivity index (χ1v) is 6.99. The summed E-state index contributed by atoms with van der Waals surface area (Å²) in [6.07, 6.45) is 2.16. The van der Waals surface area contributed by atoms with Gasteiger partial charge >= 0.3 is 5.97 Å². The first-order valence-electron chi connectivity index (χ1n) is 6.58. The molecule has 0 aliphatic carbocycles. The highest BCUT2D eigenvalue weighted by atomic mass is 32.1. The molecule has 1 saturated heterocycles. The largest absolute Gasteiger partial charge is 0.480 e. The van der Waals surface area contributed by atoms with Gasteiger partial charge in [-0.25, -0.2) is 0 Å². The number of H-pyrrole nitrogens is 1. The lowest BCUT2D eigenvalue weighted by Gasteiger charge is -2.04. The van der Waals surface area contributed by atoms with Crippen LogP contribution in [0.1, 0.15) is 5.56 Å². The molecule has 1 atom stereocenters. The van der Waals surface area contributed by atoms with Crippen molar-refractivity contribution in [2.24, 2.45) is 5.73 Å². The van der Waals surface area contributed by atoms with Gasteiger partial charge in [-0.3, -0.25) is 9.59 Å². The van der Waals surface area contributed by atoms with Gasteiger partial charge in [0.05, 0.1) is 6.54 Å². The first-order chi connectivity index (χ1) is 10.5. The van der Waals surface area contributed by atoms with E-state index in [1.807, 2.05) is 30.5 Å². The molecule has 1 aliphatic rings. The average molecular weight is 320 g/mol. The SMILES string of the molecule is NC(Cc1c[nH]c2ccccc12)C(=O)O.O=C1CNC(=S)N1. The van der Waals surface area contributed by atoms with E-state index in [4.69, 9.17) is 10.8 Å². The molecule has 3 rings (SSSR count). The molecule has 1 amide bonds. The number of carbonyl (C=O) groups is 2. The smallest absolute Gasteiger partial charge is 0.320 e. The molecule has 0 saturated carbocycles. The summed E-state index contributed by atoms with van der Waals surface area (Å²) >= 11 is 4.55. The number of nitrogens with two attached hydrogens (primary N) is 1. The second-order valence-electron chi connectivity index (χ2n) is 4.74. The number of carbonyl (C=O) groups excluding carboxylic acids is 1. The van der Waals surface area contributed by atoms with Crippen molar-refractivity contribution in [2.75, 3.05) is 6.54 Å². The summed E-state index contributed by atoms with van der Waals surface area (Å²) in [5.74, 6) is -1.02. The van der Waals surface area contributed by atoms with Gasteiger partial charge in [0.25, 0.3) is 0 Å². The van der Waals surface area contributed by atoms with Gasteiger partial charge in [0.2, 0.25) is 5.91 Å². The maximum atomic E-state index is 10.6. The van der Waals surface area contributed by atoms with Gasteiger partial charge in [0.1, 0.15) is 6.04 Å². The van der Waals surface area contributed by atoms with Crippen LogP contribution in [0.5, 0.6) is 0 Å². The molecule has 6 N–H and O–H groups in total. The van der Waals surface area contributed by atoms with Crippen molar-refractivity contribution in [3.8, 4) is 0 Å². The second kappa shape index (κ2) is 7.01. The number of rotatable bonds is 3. The third kappa shape index (κ3) is 4.03. The molecule has 2 heterocycles. The zero-order valence-corrected chi connectivity index (χ0v) is 12.4. The Kier molecular flexibility index (Phi) is 5.08. The monoisotopic (exact) mass is 320 g/mol. The quantitative estimate of drug-likeness (QED) is 0.512. The predicted molar refractivity (Wildman–Crippen MR) is 86.4 cm³/mol. The van der Waals surface area contributed by atoms with Crippen molar-refractivity contribution in [1.82, 2.24) is 15.6 Å². The summed E-state index contributed by atoms with van der Waals surface area (Å²) in [4.78, 5) is 23.9. The Morgan fingerprint density at radius 2 is 2.14 bits per heavy atom. The Bertz CT molecular complexity index is 699. The fourth-order valence-electron chi connectivity index (χ4n) is 2.00. The molecule has 1 aliphatic heterocycles. The van der Waals surface area contributed by atoms with Crippen LogP contribution in [0.2, 0.25) is 0 Å². The Balaban J connectivity index is 0.000000211. The molecule has 0 radical (unpaired) electrons. The van der Waals surface area contributed by atoms with Crippen LogP contribution in [-0.4, -0.2) is 39.7 Å². The van der Waals surface area contributed by atoms with E-state index in [0.717, 1.165) is 16.5 Å². The van der Waals surface area contributed by atoms with Crippen molar-refractivity contribution < 1.29 is 14.7 Å². The standard InChI is InChI=1S/C11H12N2O2.C3H4N2OS/c12-9(11(14)15)5-7-6-13-10-4-2-1-3-8(7)10;6-2-1-4-3(7)5-2/h1-4,6,9,13H,5,12H2,(H,14,15);1H2,(H2,4,5,6,7). The van der Waals surface area contributed by atoms with Crippen LogP contribution in [0.15, 0.2) is 30.5 Å². The number of carboxylic acids is 1. The topological polar surface area (TPSA) is 120 Å². The molecule has 7 nitrogen and oxygen atoms in total. The summed E-state index contributed by atoms with van der Waals surface area (Å²) in [5, 5.41) is 15.2. The summed E-state index contributed by atoms with van der Waals surface area (Å²) in [7, 11) is 0. The molecule has 116 valence electrons. The number of amides is 1.